The van der Waals surface area contributed by atoms with Crippen molar-refractivity contribution in [3.05, 3.63) is 12.2 Å². The third-order valence-corrected chi connectivity index (χ3v) is 2.97. The molecule has 0 heterocycles. The molecule has 0 aromatic carbocycles. The molecular formula is C11H23N. The average molecular weight is 169 g/mol. The van der Waals surface area contributed by atoms with Crippen LogP contribution in [0, 0.1) is 5.41 Å². The Labute approximate surface area is 77.2 Å². The molecule has 0 fully saturated rings. The predicted octanol–water partition coefficient (Wildman–Crippen LogP) is 2.98. The molecular weight excluding hydrogens is 146 g/mol. The van der Waals surface area contributed by atoms with Crippen LogP contribution < -0.4 is 5.32 Å². The molecule has 72 valence electrons. The van der Waals surface area contributed by atoms with Gasteiger partial charge in [-0.15, -0.1) is 0 Å². The molecule has 0 saturated carbocycles. The first kappa shape index (κ1) is 11.7. The lowest BCUT2D eigenvalue weighted by molar-refractivity contribution is 0.292. The highest BCUT2D eigenvalue weighted by atomic mass is 14.9. The maximum Gasteiger partial charge on any atom is 0.0150 e. The van der Waals surface area contributed by atoms with Crippen molar-refractivity contribution in [1.29, 1.82) is 0 Å². The van der Waals surface area contributed by atoms with Crippen LogP contribution in [0.5, 0.6) is 0 Å². The van der Waals surface area contributed by atoms with Crippen LogP contribution in [0.15, 0.2) is 12.2 Å². The molecule has 1 nitrogen and oxygen atoms in total. The smallest absolute Gasteiger partial charge is 0.0150 e. The first-order valence-corrected chi connectivity index (χ1v) is 4.86. The molecule has 0 radical (unpaired) electrons. The van der Waals surface area contributed by atoms with Crippen LogP contribution in [0.25, 0.3) is 0 Å². The van der Waals surface area contributed by atoms with E-state index in [2.05, 4.69) is 39.6 Å². The highest BCUT2D eigenvalue weighted by molar-refractivity contribution is 5.10. The summed E-state index contributed by atoms with van der Waals surface area (Å²) in [6.07, 6.45) is 2.23. The van der Waals surface area contributed by atoms with E-state index in [1.54, 1.807) is 0 Å². The summed E-state index contributed by atoms with van der Waals surface area (Å²) in [6, 6.07) is 0.546. The number of rotatable bonds is 5. The molecule has 0 aliphatic rings. The molecule has 1 N–H and O–H groups in total. The second kappa shape index (κ2) is 4.66. The molecule has 1 unspecified atom stereocenters. The summed E-state index contributed by atoms with van der Waals surface area (Å²) in [5, 5.41) is 3.35. The normalized spacial score (nSPS) is 14.4. The number of hydrogen-bond donors (Lipinski definition) is 1. The van der Waals surface area contributed by atoms with Gasteiger partial charge in [0.25, 0.3) is 0 Å². The van der Waals surface area contributed by atoms with Crippen LogP contribution in [0.1, 0.15) is 40.5 Å². The molecule has 12 heavy (non-hydrogen) atoms. The third kappa shape index (κ3) is 2.34. The van der Waals surface area contributed by atoms with Crippen molar-refractivity contribution in [3.8, 4) is 0 Å². The van der Waals surface area contributed by atoms with Gasteiger partial charge in [0.15, 0.2) is 0 Å². The zero-order valence-electron chi connectivity index (χ0n) is 9.20. The summed E-state index contributed by atoms with van der Waals surface area (Å²) in [6.45, 7) is 13.0. The molecule has 0 aliphatic carbocycles. The Hall–Kier alpha value is -0.300. The Balaban J connectivity index is 4.44. The van der Waals surface area contributed by atoms with Crippen LogP contribution >= 0.6 is 0 Å². The molecule has 0 amide bonds. The summed E-state index contributed by atoms with van der Waals surface area (Å²) in [5.74, 6) is 0. The molecule has 0 aromatic rings. The van der Waals surface area contributed by atoms with Crippen molar-refractivity contribution in [3.63, 3.8) is 0 Å². The zero-order chi connectivity index (χ0) is 9.78. The standard InChI is InChI=1S/C11H23N/c1-7-9(3)11(4,5)10(8-2)12-6/h10,12H,3,7-8H2,1-2,4-6H3. The van der Waals surface area contributed by atoms with Crippen LogP contribution in [0.4, 0.5) is 0 Å². The van der Waals surface area contributed by atoms with E-state index >= 15 is 0 Å². The van der Waals surface area contributed by atoms with Crippen molar-refractivity contribution < 1.29 is 0 Å². The molecule has 1 heteroatoms. The van der Waals surface area contributed by atoms with Crippen molar-refractivity contribution in [2.24, 2.45) is 5.41 Å². The van der Waals surface area contributed by atoms with Crippen LogP contribution in [-0.2, 0) is 0 Å². The Kier molecular flexibility index (Phi) is 4.54. The summed E-state index contributed by atoms with van der Waals surface area (Å²) in [7, 11) is 2.03. The third-order valence-electron chi connectivity index (χ3n) is 2.97. The van der Waals surface area contributed by atoms with E-state index in [0.29, 0.717) is 6.04 Å². The Morgan fingerprint density at radius 2 is 1.92 bits per heavy atom. The van der Waals surface area contributed by atoms with Gasteiger partial charge in [0, 0.05) is 11.5 Å². The van der Waals surface area contributed by atoms with E-state index in [4.69, 9.17) is 0 Å². The SMILES string of the molecule is C=C(CC)C(C)(C)C(CC)NC. The van der Waals surface area contributed by atoms with Crippen molar-refractivity contribution in [1.82, 2.24) is 5.32 Å². The molecule has 0 saturated heterocycles. The summed E-state index contributed by atoms with van der Waals surface area (Å²) >= 11 is 0. The average Bonchev–Trinajstić information content (AvgIpc) is 2.04. The van der Waals surface area contributed by atoms with E-state index in [1.165, 1.54) is 5.57 Å². The van der Waals surface area contributed by atoms with Crippen LogP contribution in [0.2, 0.25) is 0 Å². The first-order valence-electron chi connectivity index (χ1n) is 4.86. The number of hydrogen-bond acceptors (Lipinski definition) is 1. The highest BCUT2D eigenvalue weighted by Crippen LogP contribution is 2.32. The van der Waals surface area contributed by atoms with Crippen molar-refractivity contribution in [2.45, 2.75) is 46.6 Å². The van der Waals surface area contributed by atoms with Gasteiger partial charge in [-0.05, 0) is 19.9 Å². The summed E-state index contributed by atoms with van der Waals surface area (Å²) in [4.78, 5) is 0. The Bertz CT molecular complexity index is 143. The fraction of sp³-hybridized carbons (Fsp3) is 0.818. The van der Waals surface area contributed by atoms with E-state index in [-0.39, 0.29) is 5.41 Å². The monoisotopic (exact) mass is 169 g/mol. The zero-order valence-corrected chi connectivity index (χ0v) is 9.20. The second-order valence-corrected chi connectivity index (χ2v) is 3.93. The fourth-order valence-corrected chi connectivity index (χ4v) is 1.78. The van der Waals surface area contributed by atoms with E-state index in [1.807, 2.05) is 7.05 Å². The van der Waals surface area contributed by atoms with E-state index in [9.17, 15) is 0 Å². The van der Waals surface area contributed by atoms with Crippen LogP contribution in [-0.4, -0.2) is 13.1 Å². The Morgan fingerprint density at radius 3 is 2.17 bits per heavy atom. The summed E-state index contributed by atoms with van der Waals surface area (Å²) in [5.41, 5.74) is 1.56. The molecule has 0 aromatic heterocycles. The lowest BCUT2D eigenvalue weighted by Gasteiger charge is -2.35. The predicted molar refractivity (Wildman–Crippen MR) is 56.4 cm³/mol. The van der Waals surface area contributed by atoms with E-state index < -0.39 is 0 Å². The van der Waals surface area contributed by atoms with Gasteiger partial charge in [-0.2, -0.15) is 0 Å². The second-order valence-electron chi connectivity index (χ2n) is 3.93. The molecule has 0 rings (SSSR count). The topological polar surface area (TPSA) is 12.0 Å². The van der Waals surface area contributed by atoms with Gasteiger partial charge in [-0.25, -0.2) is 0 Å². The lowest BCUT2D eigenvalue weighted by atomic mass is 9.76. The van der Waals surface area contributed by atoms with E-state index in [0.717, 1.165) is 12.8 Å². The first-order chi connectivity index (χ1) is 5.50. The molecule has 0 bridgehead atoms. The minimum Gasteiger partial charge on any atom is -0.316 e. The van der Waals surface area contributed by atoms with Gasteiger partial charge in [0.05, 0.1) is 0 Å². The maximum atomic E-state index is 4.12. The van der Waals surface area contributed by atoms with Crippen molar-refractivity contribution >= 4 is 0 Å². The minimum atomic E-state index is 0.220. The lowest BCUT2D eigenvalue weighted by Crippen LogP contribution is -2.40. The van der Waals surface area contributed by atoms with Gasteiger partial charge in [-0.1, -0.05) is 39.8 Å². The van der Waals surface area contributed by atoms with Crippen molar-refractivity contribution in [2.75, 3.05) is 7.05 Å². The maximum absolute atomic E-state index is 4.12. The highest BCUT2D eigenvalue weighted by Gasteiger charge is 2.28. The number of nitrogens with one attached hydrogen (secondary N) is 1. The van der Waals surface area contributed by atoms with Gasteiger partial charge >= 0.3 is 0 Å². The van der Waals surface area contributed by atoms with Gasteiger partial charge in [0.1, 0.15) is 0 Å². The van der Waals surface area contributed by atoms with Crippen LogP contribution in [0.3, 0.4) is 0 Å². The van der Waals surface area contributed by atoms with Gasteiger partial charge < -0.3 is 5.32 Å². The molecule has 0 aliphatic heterocycles. The van der Waals surface area contributed by atoms with Gasteiger partial charge in [0.2, 0.25) is 0 Å². The summed E-state index contributed by atoms with van der Waals surface area (Å²) < 4.78 is 0. The quantitative estimate of drug-likeness (QED) is 0.624. The molecule has 1 atom stereocenters. The Morgan fingerprint density at radius 1 is 1.42 bits per heavy atom. The minimum absolute atomic E-state index is 0.220. The van der Waals surface area contributed by atoms with Gasteiger partial charge in [-0.3, -0.25) is 0 Å². The fourth-order valence-electron chi connectivity index (χ4n) is 1.78. The largest absolute Gasteiger partial charge is 0.316 e. The molecule has 0 spiro atoms.